The lowest BCUT2D eigenvalue weighted by atomic mass is 9.70. The smallest absolute Gasteiger partial charge is 0.140 e. The first-order valence-electron chi connectivity index (χ1n) is 7.88. The van der Waals surface area contributed by atoms with Crippen molar-refractivity contribution < 1.29 is 0 Å². The highest BCUT2D eigenvalue weighted by Crippen LogP contribution is 2.40. The van der Waals surface area contributed by atoms with Gasteiger partial charge in [-0.25, -0.2) is 0 Å². The molecule has 0 spiro atoms. The van der Waals surface area contributed by atoms with E-state index in [2.05, 4.69) is 21.7 Å². The molecule has 0 saturated heterocycles. The van der Waals surface area contributed by atoms with E-state index in [1.807, 2.05) is 0 Å². The van der Waals surface area contributed by atoms with E-state index in [1.165, 1.54) is 56.6 Å². The monoisotopic (exact) mass is 262 g/mol. The SMILES string of the molecule is CC1CCC(CN)(c2nnc3n2CCCCC3)CC1. The van der Waals surface area contributed by atoms with Crippen LogP contribution in [0.4, 0.5) is 0 Å². The number of rotatable bonds is 2. The van der Waals surface area contributed by atoms with Crippen molar-refractivity contribution in [1.29, 1.82) is 0 Å². The Morgan fingerprint density at radius 2 is 2.00 bits per heavy atom. The molecule has 1 saturated carbocycles. The third-order valence-electron chi connectivity index (χ3n) is 5.21. The molecule has 0 unspecified atom stereocenters. The molecule has 106 valence electrons. The third kappa shape index (κ3) is 2.31. The largest absolute Gasteiger partial charge is 0.329 e. The summed E-state index contributed by atoms with van der Waals surface area (Å²) in [5, 5.41) is 9.03. The molecule has 1 fully saturated rings. The summed E-state index contributed by atoms with van der Waals surface area (Å²) in [5.74, 6) is 3.23. The van der Waals surface area contributed by atoms with Gasteiger partial charge in [-0.2, -0.15) is 0 Å². The summed E-state index contributed by atoms with van der Waals surface area (Å²) in [7, 11) is 0. The van der Waals surface area contributed by atoms with Gasteiger partial charge in [0.1, 0.15) is 11.6 Å². The van der Waals surface area contributed by atoms with Gasteiger partial charge < -0.3 is 10.3 Å². The topological polar surface area (TPSA) is 56.7 Å². The van der Waals surface area contributed by atoms with Gasteiger partial charge in [-0.05, 0) is 44.4 Å². The maximum atomic E-state index is 6.17. The van der Waals surface area contributed by atoms with E-state index >= 15 is 0 Å². The number of fused-ring (bicyclic) bond motifs is 1. The summed E-state index contributed by atoms with van der Waals surface area (Å²) in [6.07, 6.45) is 9.84. The van der Waals surface area contributed by atoms with Gasteiger partial charge in [0.15, 0.2) is 0 Å². The van der Waals surface area contributed by atoms with E-state index in [-0.39, 0.29) is 5.41 Å². The summed E-state index contributed by atoms with van der Waals surface area (Å²) in [6, 6.07) is 0. The van der Waals surface area contributed by atoms with Gasteiger partial charge in [-0.1, -0.05) is 13.3 Å². The molecule has 0 radical (unpaired) electrons. The Kier molecular flexibility index (Phi) is 3.61. The molecule has 0 atom stereocenters. The Hall–Kier alpha value is -0.900. The first-order valence-corrected chi connectivity index (χ1v) is 7.88. The Morgan fingerprint density at radius 3 is 2.74 bits per heavy atom. The molecule has 4 nitrogen and oxygen atoms in total. The standard InChI is InChI=1S/C15H26N4/c1-12-6-8-15(11-16,9-7-12)14-18-17-13-5-3-2-4-10-19(13)14/h12H,2-11,16H2,1H3. The van der Waals surface area contributed by atoms with E-state index in [1.54, 1.807) is 0 Å². The third-order valence-corrected chi connectivity index (χ3v) is 5.21. The number of hydrogen-bond acceptors (Lipinski definition) is 3. The number of aryl methyl sites for hydroxylation is 1. The molecule has 0 amide bonds. The molecule has 2 heterocycles. The predicted octanol–water partition coefficient (Wildman–Crippen LogP) is 2.41. The number of aromatic nitrogens is 3. The van der Waals surface area contributed by atoms with Gasteiger partial charge in [-0.3, -0.25) is 0 Å². The summed E-state index contributed by atoms with van der Waals surface area (Å²) >= 11 is 0. The van der Waals surface area contributed by atoms with Crippen LogP contribution in [-0.2, 0) is 18.4 Å². The van der Waals surface area contributed by atoms with Crippen molar-refractivity contribution >= 4 is 0 Å². The van der Waals surface area contributed by atoms with Crippen LogP contribution in [0.5, 0.6) is 0 Å². The first kappa shape index (κ1) is 13.1. The van der Waals surface area contributed by atoms with Crippen molar-refractivity contribution in [2.75, 3.05) is 6.54 Å². The van der Waals surface area contributed by atoms with Crippen LogP contribution in [0.3, 0.4) is 0 Å². The molecular weight excluding hydrogens is 236 g/mol. The Balaban J connectivity index is 1.93. The Bertz CT molecular complexity index is 429. The van der Waals surface area contributed by atoms with Gasteiger partial charge in [0, 0.05) is 24.9 Å². The molecule has 1 aliphatic heterocycles. The molecule has 2 N–H and O–H groups in total. The molecular formula is C15H26N4. The van der Waals surface area contributed by atoms with E-state index in [4.69, 9.17) is 5.73 Å². The maximum Gasteiger partial charge on any atom is 0.140 e. The van der Waals surface area contributed by atoms with Crippen LogP contribution in [0.25, 0.3) is 0 Å². The highest BCUT2D eigenvalue weighted by atomic mass is 15.3. The summed E-state index contributed by atoms with van der Waals surface area (Å²) in [5.41, 5.74) is 6.27. The fourth-order valence-electron chi connectivity index (χ4n) is 3.71. The zero-order valence-electron chi connectivity index (χ0n) is 12.1. The molecule has 0 aromatic carbocycles. The molecule has 0 bridgehead atoms. The van der Waals surface area contributed by atoms with Crippen molar-refractivity contribution in [2.24, 2.45) is 11.7 Å². The van der Waals surface area contributed by atoms with E-state index in [0.29, 0.717) is 0 Å². The number of nitrogens with two attached hydrogens (primary N) is 1. The highest BCUT2D eigenvalue weighted by Gasteiger charge is 2.39. The van der Waals surface area contributed by atoms with E-state index in [0.717, 1.165) is 25.4 Å². The van der Waals surface area contributed by atoms with Crippen LogP contribution in [0.2, 0.25) is 0 Å². The second-order valence-corrected chi connectivity index (χ2v) is 6.57. The molecule has 1 aromatic rings. The van der Waals surface area contributed by atoms with Crippen LogP contribution in [0.15, 0.2) is 0 Å². The summed E-state index contributed by atoms with van der Waals surface area (Å²) < 4.78 is 2.40. The lowest BCUT2D eigenvalue weighted by Gasteiger charge is -2.37. The van der Waals surface area contributed by atoms with Gasteiger partial charge in [0.2, 0.25) is 0 Å². The van der Waals surface area contributed by atoms with Crippen LogP contribution >= 0.6 is 0 Å². The minimum atomic E-state index is 0.0993. The van der Waals surface area contributed by atoms with Gasteiger partial charge in [0.25, 0.3) is 0 Å². The minimum Gasteiger partial charge on any atom is -0.329 e. The van der Waals surface area contributed by atoms with Crippen LogP contribution in [-0.4, -0.2) is 21.3 Å². The van der Waals surface area contributed by atoms with Crippen molar-refractivity contribution in [3.8, 4) is 0 Å². The molecule has 4 heteroatoms. The average Bonchev–Trinajstić information content (AvgIpc) is 2.70. The fraction of sp³-hybridized carbons (Fsp3) is 0.867. The van der Waals surface area contributed by atoms with E-state index < -0.39 is 0 Å². The second kappa shape index (κ2) is 5.23. The molecule has 19 heavy (non-hydrogen) atoms. The molecule has 3 rings (SSSR count). The Labute approximate surface area is 115 Å². The lowest BCUT2D eigenvalue weighted by Crippen LogP contribution is -2.41. The summed E-state index contributed by atoms with van der Waals surface area (Å²) in [6.45, 7) is 4.16. The predicted molar refractivity (Wildman–Crippen MR) is 75.9 cm³/mol. The minimum absolute atomic E-state index is 0.0993. The van der Waals surface area contributed by atoms with Crippen molar-refractivity contribution in [3.63, 3.8) is 0 Å². The highest BCUT2D eigenvalue weighted by molar-refractivity contribution is 5.14. The zero-order chi connectivity index (χ0) is 13.3. The summed E-state index contributed by atoms with van der Waals surface area (Å²) in [4.78, 5) is 0. The first-order chi connectivity index (χ1) is 9.25. The van der Waals surface area contributed by atoms with Crippen molar-refractivity contribution in [2.45, 2.75) is 70.3 Å². The van der Waals surface area contributed by atoms with Gasteiger partial charge in [-0.15, -0.1) is 10.2 Å². The van der Waals surface area contributed by atoms with Crippen molar-refractivity contribution in [1.82, 2.24) is 14.8 Å². The molecule has 1 aromatic heterocycles. The molecule has 2 aliphatic rings. The van der Waals surface area contributed by atoms with E-state index in [9.17, 15) is 0 Å². The molecule has 1 aliphatic carbocycles. The van der Waals surface area contributed by atoms with Gasteiger partial charge in [0.05, 0.1) is 0 Å². The Morgan fingerprint density at radius 1 is 1.21 bits per heavy atom. The average molecular weight is 262 g/mol. The van der Waals surface area contributed by atoms with Crippen LogP contribution in [0, 0.1) is 5.92 Å². The second-order valence-electron chi connectivity index (χ2n) is 6.57. The van der Waals surface area contributed by atoms with Crippen LogP contribution in [0.1, 0.15) is 63.5 Å². The zero-order valence-corrected chi connectivity index (χ0v) is 12.1. The maximum absolute atomic E-state index is 6.17. The number of nitrogens with zero attached hydrogens (tertiary/aromatic N) is 3. The fourth-order valence-corrected chi connectivity index (χ4v) is 3.71. The number of hydrogen-bond donors (Lipinski definition) is 1. The quantitative estimate of drug-likeness (QED) is 0.890. The van der Waals surface area contributed by atoms with Crippen LogP contribution < -0.4 is 5.73 Å². The van der Waals surface area contributed by atoms with Crippen molar-refractivity contribution in [3.05, 3.63) is 11.6 Å². The van der Waals surface area contributed by atoms with Gasteiger partial charge >= 0.3 is 0 Å². The normalized spacial score (nSPS) is 31.8. The lowest BCUT2D eigenvalue weighted by molar-refractivity contribution is 0.229.